The van der Waals surface area contributed by atoms with Crippen LogP contribution in [-0.2, 0) is 14.3 Å². The van der Waals surface area contributed by atoms with Crippen molar-refractivity contribution in [2.75, 3.05) is 26.8 Å². The molecule has 2 amide bonds. The number of carbonyl (C=O) groups is 2. The predicted molar refractivity (Wildman–Crippen MR) is 75.8 cm³/mol. The van der Waals surface area contributed by atoms with Crippen molar-refractivity contribution in [2.24, 2.45) is 5.41 Å². The molecule has 0 aromatic carbocycles. The molecule has 0 heterocycles. The maximum atomic E-state index is 12.0. The van der Waals surface area contributed by atoms with Gasteiger partial charge in [0, 0.05) is 26.8 Å². The van der Waals surface area contributed by atoms with Crippen molar-refractivity contribution in [1.29, 1.82) is 0 Å². The zero-order valence-electron chi connectivity index (χ0n) is 12.7. The highest BCUT2D eigenvalue weighted by molar-refractivity contribution is 6.04. The van der Waals surface area contributed by atoms with Gasteiger partial charge in [0.2, 0.25) is 11.8 Å². The van der Waals surface area contributed by atoms with Gasteiger partial charge in [-0.15, -0.1) is 0 Å². The minimum Gasteiger partial charge on any atom is -0.385 e. The third-order valence-corrected chi connectivity index (χ3v) is 3.01. The van der Waals surface area contributed by atoms with E-state index in [1.165, 1.54) is 0 Å². The van der Waals surface area contributed by atoms with Gasteiger partial charge in [0.25, 0.3) is 0 Å². The summed E-state index contributed by atoms with van der Waals surface area (Å²) in [5.41, 5.74) is -1.03. The molecule has 0 spiro atoms. The Labute approximate surface area is 116 Å². The van der Waals surface area contributed by atoms with E-state index in [2.05, 4.69) is 17.6 Å². The molecule has 0 unspecified atom stereocenters. The van der Waals surface area contributed by atoms with E-state index in [0.717, 1.165) is 25.7 Å². The summed E-state index contributed by atoms with van der Waals surface area (Å²) >= 11 is 0. The van der Waals surface area contributed by atoms with E-state index in [1.807, 2.05) is 0 Å². The molecule has 112 valence electrons. The van der Waals surface area contributed by atoms with Crippen molar-refractivity contribution in [2.45, 2.75) is 46.5 Å². The molecule has 0 aliphatic carbocycles. The summed E-state index contributed by atoms with van der Waals surface area (Å²) in [7, 11) is 1.62. The molecule has 0 aromatic heterocycles. The lowest BCUT2D eigenvalue weighted by Gasteiger charge is -2.22. The van der Waals surface area contributed by atoms with Crippen LogP contribution in [0.15, 0.2) is 0 Å². The number of methoxy groups -OCH3 is 1. The molecule has 0 atom stereocenters. The number of carbonyl (C=O) groups excluding carboxylic acids is 2. The van der Waals surface area contributed by atoms with Crippen LogP contribution in [-0.4, -0.2) is 38.6 Å². The largest absolute Gasteiger partial charge is 0.385 e. The Kier molecular flexibility index (Phi) is 9.21. The minimum absolute atomic E-state index is 0.215. The molecule has 0 aliphatic heterocycles. The van der Waals surface area contributed by atoms with E-state index in [9.17, 15) is 9.59 Å². The van der Waals surface area contributed by atoms with E-state index in [-0.39, 0.29) is 11.8 Å². The standard InChI is InChI=1S/C14H28N2O3/c1-5-6-7-9-15-12(17)14(2,3)13(18)16-10-8-11-19-4/h5-11H2,1-4H3,(H,15,17)(H,16,18). The van der Waals surface area contributed by atoms with Gasteiger partial charge >= 0.3 is 0 Å². The number of nitrogens with one attached hydrogen (secondary N) is 2. The molecule has 19 heavy (non-hydrogen) atoms. The van der Waals surface area contributed by atoms with Gasteiger partial charge in [-0.25, -0.2) is 0 Å². The van der Waals surface area contributed by atoms with Crippen molar-refractivity contribution in [1.82, 2.24) is 10.6 Å². The monoisotopic (exact) mass is 272 g/mol. The average molecular weight is 272 g/mol. The number of ether oxygens (including phenoxy) is 1. The maximum Gasteiger partial charge on any atom is 0.235 e. The topological polar surface area (TPSA) is 67.4 Å². The van der Waals surface area contributed by atoms with Gasteiger partial charge in [-0.1, -0.05) is 19.8 Å². The minimum atomic E-state index is -1.03. The first-order valence-corrected chi connectivity index (χ1v) is 7.02. The van der Waals surface area contributed by atoms with Crippen LogP contribution in [0.5, 0.6) is 0 Å². The molecule has 0 saturated carbocycles. The summed E-state index contributed by atoms with van der Waals surface area (Å²) in [6.07, 6.45) is 3.90. The predicted octanol–water partition coefficient (Wildman–Crippen LogP) is 1.47. The van der Waals surface area contributed by atoms with Crippen molar-refractivity contribution in [3.05, 3.63) is 0 Å². The Bertz CT molecular complexity index is 252. The highest BCUT2D eigenvalue weighted by Crippen LogP contribution is 2.15. The first kappa shape index (κ1) is 17.9. The second kappa shape index (κ2) is 9.78. The van der Waals surface area contributed by atoms with Crippen molar-refractivity contribution in [3.8, 4) is 0 Å². The summed E-state index contributed by atoms with van der Waals surface area (Å²) in [4.78, 5) is 23.9. The second-order valence-corrected chi connectivity index (χ2v) is 5.19. The van der Waals surface area contributed by atoms with E-state index >= 15 is 0 Å². The van der Waals surface area contributed by atoms with Crippen LogP contribution < -0.4 is 10.6 Å². The van der Waals surface area contributed by atoms with E-state index in [0.29, 0.717) is 19.7 Å². The summed E-state index contributed by atoms with van der Waals surface area (Å²) in [5.74, 6) is -0.454. The Morgan fingerprint density at radius 3 is 2.00 bits per heavy atom. The third-order valence-electron chi connectivity index (χ3n) is 3.01. The summed E-state index contributed by atoms with van der Waals surface area (Å²) < 4.78 is 4.90. The summed E-state index contributed by atoms with van der Waals surface area (Å²) in [6.45, 7) is 7.16. The Morgan fingerprint density at radius 1 is 1.00 bits per heavy atom. The van der Waals surface area contributed by atoms with Gasteiger partial charge in [0.1, 0.15) is 5.41 Å². The van der Waals surface area contributed by atoms with Crippen LogP contribution in [0.25, 0.3) is 0 Å². The van der Waals surface area contributed by atoms with Crippen LogP contribution in [0, 0.1) is 5.41 Å². The van der Waals surface area contributed by atoms with Gasteiger partial charge < -0.3 is 15.4 Å². The Morgan fingerprint density at radius 2 is 1.53 bits per heavy atom. The molecule has 0 saturated heterocycles. The fourth-order valence-corrected chi connectivity index (χ4v) is 1.54. The van der Waals surface area contributed by atoms with E-state index in [1.54, 1.807) is 21.0 Å². The number of amides is 2. The van der Waals surface area contributed by atoms with Gasteiger partial charge in [-0.05, 0) is 26.7 Å². The maximum absolute atomic E-state index is 12.0. The lowest BCUT2D eigenvalue weighted by atomic mass is 9.91. The van der Waals surface area contributed by atoms with Gasteiger partial charge in [0.15, 0.2) is 0 Å². The van der Waals surface area contributed by atoms with Crippen molar-refractivity contribution in [3.63, 3.8) is 0 Å². The van der Waals surface area contributed by atoms with E-state index < -0.39 is 5.41 Å². The SMILES string of the molecule is CCCCCNC(=O)C(C)(C)C(=O)NCCCOC. The van der Waals surface area contributed by atoms with Crippen molar-refractivity contribution >= 4 is 11.8 Å². The van der Waals surface area contributed by atoms with Crippen LogP contribution in [0.3, 0.4) is 0 Å². The highest BCUT2D eigenvalue weighted by atomic mass is 16.5. The molecular formula is C14H28N2O3. The number of rotatable bonds is 10. The molecule has 0 fully saturated rings. The summed E-state index contributed by atoms with van der Waals surface area (Å²) in [6, 6.07) is 0. The highest BCUT2D eigenvalue weighted by Gasteiger charge is 2.35. The summed E-state index contributed by atoms with van der Waals surface area (Å²) in [5, 5.41) is 5.58. The zero-order chi connectivity index (χ0) is 14.7. The molecule has 0 aromatic rings. The quantitative estimate of drug-likeness (QED) is 0.467. The Hall–Kier alpha value is -1.10. The molecule has 0 rings (SSSR count). The van der Waals surface area contributed by atoms with Crippen LogP contribution in [0.2, 0.25) is 0 Å². The van der Waals surface area contributed by atoms with E-state index in [4.69, 9.17) is 4.74 Å². The molecular weight excluding hydrogens is 244 g/mol. The fraction of sp³-hybridized carbons (Fsp3) is 0.857. The number of hydrogen-bond donors (Lipinski definition) is 2. The van der Waals surface area contributed by atoms with Gasteiger partial charge in [-0.3, -0.25) is 9.59 Å². The molecule has 5 heteroatoms. The lowest BCUT2D eigenvalue weighted by molar-refractivity contribution is -0.141. The second-order valence-electron chi connectivity index (χ2n) is 5.19. The molecule has 0 radical (unpaired) electrons. The van der Waals surface area contributed by atoms with Crippen LogP contribution in [0.4, 0.5) is 0 Å². The van der Waals surface area contributed by atoms with Crippen molar-refractivity contribution < 1.29 is 14.3 Å². The first-order valence-electron chi connectivity index (χ1n) is 7.02. The number of hydrogen-bond acceptors (Lipinski definition) is 3. The molecule has 5 nitrogen and oxygen atoms in total. The van der Waals surface area contributed by atoms with Gasteiger partial charge in [0.05, 0.1) is 0 Å². The zero-order valence-corrected chi connectivity index (χ0v) is 12.7. The van der Waals surface area contributed by atoms with Crippen LogP contribution in [0.1, 0.15) is 46.5 Å². The number of unbranched alkanes of at least 4 members (excludes halogenated alkanes) is 2. The molecule has 2 N–H and O–H groups in total. The third kappa shape index (κ3) is 7.15. The lowest BCUT2D eigenvalue weighted by Crippen LogP contribution is -2.48. The molecule has 0 bridgehead atoms. The fourth-order valence-electron chi connectivity index (χ4n) is 1.54. The first-order chi connectivity index (χ1) is 8.96. The Balaban J connectivity index is 4.04. The van der Waals surface area contributed by atoms with Gasteiger partial charge in [-0.2, -0.15) is 0 Å². The normalized spacial score (nSPS) is 11.2. The average Bonchev–Trinajstić information content (AvgIpc) is 2.39. The molecule has 0 aliphatic rings. The van der Waals surface area contributed by atoms with Crippen LogP contribution >= 0.6 is 0 Å². The smallest absolute Gasteiger partial charge is 0.235 e.